The van der Waals surface area contributed by atoms with Crippen LogP contribution in [0.3, 0.4) is 0 Å². The zero-order valence-corrected chi connectivity index (χ0v) is 17.1. The predicted octanol–water partition coefficient (Wildman–Crippen LogP) is 5.14. The maximum absolute atomic E-state index is 12.7. The van der Waals surface area contributed by atoms with E-state index < -0.39 is 35.3 Å². The summed E-state index contributed by atoms with van der Waals surface area (Å²) in [6.45, 7) is 0.682. The molecule has 1 aliphatic heterocycles. The number of rotatable bonds is 4. The number of carbonyl (C=O) groups is 1. The number of hydrogen-bond acceptors (Lipinski definition) is 4. The van der Waals surface area contributed by atoms with Crippen LogP contribution in [0.15, 0.2) is 41.6 Å². The van der Waals surface area contributed by atoms with Crippen LogP contribution >= 0.6 is 11.6 Å². The molecule has 0 unspecified atom stereocenters. The van der Waals surface area contributed by atoms with Crippen LogP contribution in [0.2, 0.25) is 5.02 Å². The van der Waals surface area contributed by atoms with Crippen LogP contribution in [-0.2, 0) is 17.1 Å². The molecule has 0 bridgehead atoms. The average molecular weight is 479 g/mol. The third-order valence-electron chi connectivity index (χ3n) is 4.92. The van der Waals surface area contributed by atoms with Gasteiger partial charge in [0.15, 0.2) is 0 Å². The molecule has 1 aromatic heterocycles. The zero-order chi connectivity index (χ0) is 23.5. The van der Waals surface area contributed by atoms with Gasteiger partial charge in [0.05, 0.1) is 22.4 Å². The number of aromatic nitrogens is 1. The van der Waals surface area contributed by atoms with Crippen molar-refractivity contribution in [2.24, 2.45) is 11.0 Å². The minimum atomic E-state index is -4.55. The minimum Gasteiger partial charge on any atom is -0.355 e. The van der Waals surface area contributed by atoms with Gasteiger partial charge < -0.3 is 4.90 Å². The quantitative estimate of drug-likeness (QED) is 0.376. The van der Waals surface area contributed by atoms with Gasteiger partial charge in [-0.15, -0.1) is 0 Å². The van der Waals surface area contributed by atoms with Gasteiger partial charge in [0, 0.05) is 25.2 Å². The van der Waals surface area contributed by atoms with Gasteiger partial charge in [0.1, 0.15) is 5.82 Å². The third-order valence-corrected chi connectivity index (χ3v) is 5.19. The molecule has 1 fully saturated rings. The first-order chi connectivity index (χ1) is 14.9. The van der Waals surface area contributed by atoms with Crippen LogP contribution in [-0.4, -0.2) is 30.2 Å². The molecule has 12 heteroatoms. The molecule has 172 valence electrons. The second kappa shape index (κ2) is 9.35. The van der Waals surface area contributed by atoms with E-state index in [9.17, 15) is 31.1 Å². The Labute approximate surface area is 184 Å². The molecular formula is C20H17ClF6N4O. The Bertz CT molecular complexity index is 1000. The summed E-state index contributed by atoms with van der Waals surface area (Å²) >= 11 is 5.96. The number of halogens is 7. The number of nitrogens with zero attached hydrogens (tertiary/aromatic N) is 3. The lowest BCUT2D eigenvalue weighted by Crippen LogP contribution is -2.39. The Morgan fingerprint density at radius 2 is 1.75 bits per heavy atom. The van der Waals surface area contributed by atoms with Crippen LogP contribution in [0.5, 0.6) is 0 Å². The Kier molecular flexibility index (Phi) is 6.97. The van der Waals surface area contributed by atoms with Crippen molar-refractivity contribution in [2.45, 2.75) is 25.2 Å². The van der Waals surface area contributed by atoms with Gasteiger partial charge in [0.25, 0.3) is 0 Å². The monoisotopic (exact) mass is 478 g/mol. The number of pyridine rings is 1. The Balaban J connectivity index is 1.54. The third kappa shape index (κ3) is 5.90. The number of alkyl halides is 6. The first kappa shape index (κ1) is 23.8. The Hall–Kier alpha value is -2.82. The highest BCUT2D eigenvalue weighted by Crippen LogP contribution is 2.34. The van der Waals surface area contributed by atoms with E-state index in [2.05, 4.69) is 15.5 Å². The number of amides is 1. The summed E-state index contributed by atoms with van der Waals surface area (Å²) in [5.41, 5.74) is 0.723. The fourth-order valence-electron chi connectivity index (χ4n) is 3.23. The molecule has 1 N–H and O–H groups in total. The summed E-state index contributed by atoms with van der Waals surface area (Å²) in [5.74, 6) is -0.612. The number of anilines is 1. The van der Waals surface area contributed by atoms with Crippen LogP contribution in [0.1, 0.15) is 29.5 Å². The van der Waals surface area contributed by atoms with Gasteiger partial charge in [0.2, 0.25) is 5.91 Å². The first-order valence-electron chi connectivity index (χ1n) is 9.43. The van der Waals surface area contributed by atoms with Crippen LogP contribution in [0.25, 0.3) is 0 Å². The number of hydrazone groups is 1. The highest BCUT2D eigenvalue weighted by molar-refractivity contribution is 6.33. The molecule has 0 atom stereocenters. The lowest BCUT2D eigenvalue weighted by Gasteiger charge is -2.32. The second-order valence-corrected chi connectivity index (χ2v) is 7.55. The molecule has 0 spiro atoms. The molecule has 1 amide bonds. The summed E-state index contributed by atoms with van der Waals surface area (Å²) < 4.78 is 76.4. The number of hydrogen-bond donors (Lipinski definition) is 1. The van der Waals surface area contributed by atoms with E-state index in [0.717, 1.165) is 24.4 Å². The molecule has 32 heavy (non-hydrogen) atoms. The van der Waals surface area contributed by atoms with Crippen LogP contribution in [0.4, 0.5) is 32.2 Å². The van der Waals surface area contributed by atoms with Crippen molar-refractivity contribution in [2.75, 3.05) is 18.0 Å². The normalized spacial score (nSPS) is 15.9. The van der Waals surface area contributed by atoms with E-state index >= 15 is 0 Å². The maximum atomic E-state index is 12.7. The molecule has 3 rings (SSSR count). The van der Waals surface area contributed by atoms with Crippen molar-refractivity contribution >= 4 is 29.5 Å². The van der Waals surface area contributed by atoms with Crippen molar-refractivity contribution in [3.8, 4) is 0 Å². The summed E-state index contributed by atoms with van der Waals surface area (Å²) in [7, 11) is 0. The number of piperidine rings is 1. The molecule has 0 aliphatic carbocycles. The topological polar surface area (TPSA) is 57.6 Å². The highest BCUT2D eigenvalue weighted by atomic mass is 35.5. The van der Waals surface area contributed by atoms with Gasteiger partial charge in [-0.1, -0.05) is 23.7 Å². The van der Waals surface area contributed by atoms with Crippen LogP contribution in [0, 0.1) is 5.92 Å². The van der Waals surface area contributed by atoms with Gasteiger partial charge >= 0.3 is 12.4 Å². The number of benzene rings is 1. The van der Waals surface area contributed by atoms with E-state index in [1.165, 1.54) is 12.1 Å². The molecule has 5 nitrogen and oxygen atoms in total. The molecular weight excluding hydrogens is 462 g/mol. The van der Waals surface area contributed by atoms with E-state index in [0.29, 0.717) is 32.1 Å². The van der Waals surface area contributed by atoms with Gasteiger partial charge in [-0.25, -0.2) is 10.4 Å². The standard InChI is InChI=1S/C20H17ClF6N4O/c21-16-9-15(20(25,26)27)11-28-17(16)31-6-4-13(5-7-31)18(32)30-29-10-12-2-1-3-14(8-12)19(22,23)24/h1-3,8-11,13H,4-7H2,(H,30,32)/b29-10-. The van der Waals surface area contributed by atoms with Crippen molar-refractivity contribution in [1.29, 1.82) is 0 Å². The smallest absolute Gasteiger partial charge is 0.355 e. The average Bonchev–Trinajstić information content (AvgIpc) is 2.73. The minimum absolute atomic E-state index is 0.131. The van der Waals surface area contributed by atoms with E-state index in [1.54, 1.807) is 4.90 Å². The molecule has 1 aliphatic rings. The van der Waals surface area contributed by atoms with Crippen molar-refractivity contribution < 1.29 is 31.1 Å². The fourth-order valence-corrected chi connectivity index (χ4v) is 3.51. The largest absolute Gasteiger partial charge is 0.417 e. The van der Waals surface area contributed by atoms with Crippen molar-refractivity contribution in [1.82, 2.24) is 10.4 Å². The SMILES string of the molecule is O=C(N/N=C\c1cccc(C(F)(F)F)c1)C1CCN(c2ncc(C(F)(F)F)cc2Cl)CC1. The molecule has 0 saturated carbocycles. The summed E-state index contributed by atoms with van der Waals surface area (Å²) in [6, 6.07) is 5.31. The maximum Gasteiger partial charge on any atom is 0.417 e. The van der Waals surface area contributed by atoms with E-state index in [4.69, 9.17) is 11.6 Å². The predicted molar refractivity (Wildman–Crippen MR) is 106 cm³/mol. The van der Waals surface area contributed by atoms with Gasteiger partial charge in [-0.05, 0) is 36.6 Å². The summed E-state index contributed by atoms with van der Waals surface area (Å²) in [6.07, 6.45) is -6.44. The van der Waals surface area contributed by atoms with Gasteiger partial charge in [-0.2, -0.15) is 31.4 Å². The van der Waals surface area contributed by atoms with E-state index in [1.807, 2.05) is 0 Å². The molecule has 2 aromatic rings. The molecule has 2 heterocycles. The zero-order valence-electron chi connectivity index (χ0n) is 16.3. The van der Waals surface area contributed by atoms with Crippen LogP contribution < -0.4 is 10.3 Å². The van der Waals surface area contributed by atoms with E-state index in [-0.39, 0.29) is 16.4 Å². The fraction of sp³-hybridized carbons (Fsp3) is 0.350. The Morgan fingerprint density at radius 1 is 1.09 bits per heavy atom. The summed E-state index contributed by atoms with van der Waals surface area (Å²) in [5, 5.41) is 3.59. The number of carbonyl (C=O) groups excluding carboxylic acids is 1. The summed E-state index contributed by atoms with van der Waals surface area (Å²) in [4.78, 5) is 17.8. The lowest BCUT2D eigenvalue weighted by molar-refractivity contribution is -0.138. The van der Waals surface area contributed by atoms with Crippen molar-refractivity contribution in [3.05, 3.63) is 58.2 Å². The molecule has 1 saturated heterocycles. The van der Waals surface area contributed by atoms with Crippen molar-refractivity contribution in [3.63, 3.8) is 0 Å². The first-order valence-corrected chi connectivity index (χ1v) is 9.81. The molecule has 0 radical (unpaired) electrons. The second-order valence-electron chi connectivity index (χ2n) is 7.15. The number of nitrogens with one attached hydrogen (secondary N) is 1. The highest BCUT2D eigenvalue weighted by Gasteiger charge is 2.33. The molecule has 1 aromatic carbocycles. The Morgan fingerprint density at radius 3 is 2.34 bits per heavy atom. The lowest BCUT2D eigenvalue weighted by atomic mass is 9.96. The van der Waals surface area contributed by atoms with Gasteiger partial charge in [-0.3, -0.25) is 4.79 Å².